The molecule has 0 aliphatic rings. The number of carbonyl (C=O) groups is 1. The van der Waals surface area contributed by atoms with E-state index >= 15 is 0 Å². The van der Waals surface area contributed by atoms with Gasteiger partial charge in [0.1, 0.15) is 5.25 Å². The molecule has 0 amide bonds. The summed E-state index contributed by atoms with van der Waals surface area (Å²) in [4.78, 5) is 12.6. The summed E-state index contributed by atoms with van der Waals surface area (Å²) in [6, 6.07) is 6.45. The first kappa shape index (κ1) is 15.1. The van der Waals surface area contributed by atoms with E-state index in [9.17, 15) is 4.79 Å². The zero-order valence-electron chi connectivity index (χ0n) is 12.0. The molecule has 1 rings (SSSR count). The summed E-state index contributed by atoms with van der Waals surface area (Å²) in [6.07, 6.45) is 0. The van der Waals surface area contributed by atoms with Crippen LogP contribution in [0.3, 0.4) is 0 Å². The van der Waals surface area contributed by atoms with Gasteiger partial charge in [-0.1, -0.05) is 32.9 Å². The van der Waals surface area contributed by atoms with E-state index in [4.69, 9.17) is 4.74 Å². The maximum atomic E-state index is 11.5. The topological polar surface area (TPSA) is 26.3 Å². The predicted octanol–water partition coefficient (Wildman–Crippen LogP) is 3.95. The van der Waals surface area contributed by atoms with Crippen molar-refractivity contribution in [2.75, 3.05) is 7.11 Å². The maximum Gasteiger partial charge on any atom is 0.318 e. The zero-order chi connectivity index (χ0) is 13.9. The molecule has 0 heterocycles. The molecule has 0 spiro atoms. The molecule has 0 aliphatic heterocycles. The summed E-state index contributed by atoms with van der Waals surface area (Å²) in [5.74, 6) is -0.180. The van der Waals surface area contributed by atoms with Crippen LogP contribution in [-0.2, 0) is 14.9 Å². The molecule has 0 aliphatic carbocycles. The van der Waals surface area contributed by atoms with Gasteiger partial charge in [0.15, 0.2) is 0 Å². The molecule has 0 saturated carbocycles. The fraction of sp³-hybridized carbons (Fsp3) is 0.533. The van der Waals surface area contributed by atoms with Gasteiger partial charge in [0.05, 0.1) is 7.11 Å². The van der Waals surface area contributed by atoms with Gasteiger partial charge in [-0.15, -0.1) is 11.8 Å². The smallest absolute Gasteiger partial charge is 0.318 e. The molecule has 0 N–H and O–H groups in total. The second-order valence-corrected chi connectivity index (χ2v) is 6.90. The van der Waals surface area contributed by atoms with Crippen molar-refractivity contribution in [3.63, 3.8) is 0 Å². The van der Waals surface area contributed by atoms with E-state index in [1.165, 1.54) is 18.2 Å². The fourth-order valence-electron chi connectivity index (χ4n) is 1.60. The Balaban J connectivity index is 2.98. The molecular formula is C15H22O2S. The Morgan fingerprint density at radius 1 is 1.33 bits per heavy atom. The highest BCUT2D eigenvalue weighted by molar-refractivity contribution is 8.00. The molecular weight excluding hydrogens is 244 g/mol. The number of hydrogen-bond acceptors (Lipinski definition) is 3. The molecule has 1 aromatic rings. The van der Waals surface area contributed by atoms with Crippen LogP contribution < -0.4 is 0 Å². The molecule has 100 valence electrons. The van der Waals surface area contributed by atoms with Crippen LogP contribution in [0, 0.1) is 6.92 Å². The Kier molecular flexibility index (Phi) is 4.85. The molecule has 1 aromatic carbocycles. The number of ether oxygens (including phenoxy) is 1. The van der Waals surface area contributed by atoms with Crippen molar-refractivity contribution in [1.29, 1.82) is 0 Å². The van der Waals surface area contributed by atoms with Gasteiger partial charge in [-0.05, 0) is 36.5 Å². The number of aryl methyl sites for hydroxylation is 1. The van der Waals surface area contributed by atoms with E-state index < -0.39 is 0 Å². The number of benzene rings is 1. The molecule has 0 aromatic heterocycles. The van der Waals surface area contributed by atoms with Crippen LogP contribution in [0.4, 0.5) is 0 Å². The van der Waals surface area contributed by atoms with Crippen molar-refractivity contribution in [3.05, 3.63) is 29.3 Å². The van der Waals surface area contributed by atoms with Gasteiger partial charge in [-0.2, -0.15) is 0 Å². The standard InChI is InChI=1S/C15H22O2S/c1-10-7-8-12(15(3,4)5)9-13(10)18-11(2)14(16)17-6/h7-9,11H,1-6H3. The third-order valence-corrected chi connectivity index (χ3v) is 4.13. The van der Waals surface area contributed by atoms with Crippen molar-refractivity contribution in [2.24, 2.45) is 0 Å². The van der Waals surface area contributed by atoms with Crippen molar-refractivity contribution in [2.45, 2.75) is 50.2 Å². The number of esters is 1. The SMILES string of the molecule is COC(=O)C(C)Sc1cc(C(C)(C)C)ccc1C. The highest BCUT2D eigenvalue weighted by Crippen LogP contribution is 2.32. The lowest BCUT2D eigenvalue weighted by molar-refractivity contribution is -0.139. The van der Waals surface area contributed by atoms with E-state index in [1.54, 1.807) is 11.8 Å². The van der Waals surface area contributed by atoms with Crippen LogP contribution in [0.25, 0.3) is 0 Å². The largest absolute Gasteiger partial charge is 0.468 e. The van der Waals surface area contributed by atoms with Gasteiger partial charge in [0.25, 0.3) is 0 Å². The first-order chi connectivity index (χ1) is 8.25. The molecule has 1 atom stereocenters. The van der Waals surface area contributed by atoms with Crippen molar-refractivity contribution < 1.29 is 9.53 Å². The van der Waals surface area contributed by atoms with Crippen LogP contribution >= 0.6 is 11.8 Å². The highest BCUT2D eigenvalue weighted by atomic mass is 32.2. The van der Waals surface area contributed by atoms with E-state index in [1.807, 2.05) is 6.92 Å². The van der Waals surface area contributed by atoms with Gasteiger partial charge in [-0.25, -0.2) is 0 Å². The predicted molar refractivity (Wildman–Crippen MR) is 77.2 cm³/mol. The highest BCUT2D eigenvalue weighted by Gasteiger charge is 2.18. The van der Waals surface area contributed by atoms with Crippen LogP contribution in [0.5, 0.6) is 0 Å². The first-order valence-electron chi connectivity index (χ1n) is 6.11. The van der Waals surface area contributed by atoms with Gasteiger partial charge >= 0.3 is 5.97 Å². The summed E-state index contributed by atoms with van der Waals surface area (Å²) in [5.41, 5.74) is 2.61. The second-order valence-electron chi connectivity index (χ2n) is 5.51. The minimum absolute atomic E-state index is 0.123. The Labute approximate surface area is 114 Å². The lowest BCUT2D eigenvalue weighted by Gasteiger charge is -2.21. The lowest BCUT2D eigenvalue weighted by atomic mass is 9.87. The maximum absolute atomic E-state index is 11.5. The van der Waals surface area contributed by atoms with Gasteiger partial charge in [-0.3, -0.25) is 4.79 Å². The Morgan fingerprint density at radius 2 is 1.94 bits per heavy atom. The zero-order valence-corrected chi connectivity index (χ0v) is 12.9. The second kappa shape index (κ2) is 5.79. The minimum Gasteiger partial charge on any atom is -0.468 e. The molecule has 3 heteroatoms. The average Bonchev–Trinajstić information content (AvgIpc) is 2.29. The first-order valence-corrected chi connectivity index (χ1v) is 6.99. The fourth-order valence-corrected chi connectivity index (χ4v) is 2.62. The number of thioether (sulfide) groups is 1. The monoisotopic (exact) mass is 266 g/mol. The van der Waals surface area contributed by atoms with Crippen LogP contribution in [0.15, 0.2) is 23.1 Å². The van der Waals surface area contributed by atoms with E-state index in [0.717, 1.165) is 4.90 Å². The summed E-state index contributed by atoms with van der Waals surface area (Å²) in [6.45, 7) is 10.5. The van der Waals surface area contributed by atoms with Gasteiger partial charge in [0.2, 0.25) is 0 Å². The number of methoxy groups -OCH3 is 1. The molecule has 0 radical (unpaired) electrons. The lowest BCUT2D eigenvalue weighted by Crippen LogP contribution is -2.15. The normalized spacial score (nSPS) is 13.2. The third kappa shape index (κ3) is 3.77. The quantitative estimate of drug-likeness (QED) is 0.612. The molecule has 0 saturated heterocycles. The summed E-state index contributed by atoms with van der Waals surface area (Å²) in [5, 5.41) is -0.177. The molecule has 2 nitrogen and oxygen atoms in total. The number of hydrogen-bond donors (Lipinski definition) is 0. The van der Waals surface area contributed by atoms with Gasteiger partial charge in [0, 0.05) is 4.90 Å². The minimum atomic E-state index is -0.180. The average molecular weight is 266 g/mol. The van der Waals surface area contributed by atoms with Crippen molar-refractivity contribution in [1.82, 2.24) is 0 Å². The van der Waals surface area contributed by atoms with Crippen LogP contribution in [0.1, 0.15) is 38.8 Å². The Hall–Kier alpha value is -0.960. The number of rotatable bonds is 3. The van der Waals surface area contributed by atoms with E-state index in [0.29, 0.717) is 0 Å². The molecule has 18 heavy (non-hydrogen) atoms. The summed E-state index contributed by atoms with van der Waals surface area (Å²) in [7, 11) is 1.43. The Bertz CT molecular complexity index is 433. The van der Waals surface area contributed by atoms with Crippen LogP contribution in [0.2, 0.25) is 0 Å². The molecule has 0 bridgehead atoms. The molecule has 0 fully saturated rings. The summed E-state index contributed by atoms with van der Waals surface area (Å²) >= 11 is 1.56. The van der Waals surface area contributed by atoms with Crippen molar-refractivity contribution >= 4 is 17.7 Å². The van der Waals surface area contributed by atoms with E-state index in [-0.39, 0.29) is 16.6 Å². The van der Waals surface area contributed by atoms with Gasteiger partial charge < -0.3 is 4.74 Å². The van der Waals surface area contributed by atoms with Crippen molar-refractivity contribution in [3.8, 4) is 0 Å². The van der Waals surface area contributed by atoms with E-state index in [2.05, 4.69) is 45.9 Å². The summed E-state index contributed by atoms with van der Waals surface area (Å²) < 4.78 is 4.76. The molecule has 1 unspecified atom stereocenters. The third-order valence-electron chi connectivity index (χ3n) is 2.89. The Morgan fingerprint density at radius 3 is 2.44 bits per heavy atom. The number of carbonyl (C=O) groups excluding carboxylic acids is 1. The van der Waals surface area contributed by atoms with Crippen LogP contribution in [-0.4, -0.2) is 18.3 Å².